The first-order chi connectivity index (χ1) is 14.9. The second-order valence-electron chi connectivity index (χ2n) is 9.33. The zero-order valence-corrected chi connectivity index (χ0v) is 19.4. The van der Waals surface area contributed by atoms with Gasteiger partial charge in [-0.3, -0.25) is 9.69 Å². The van der Waals surface area contributed by atoms with Crippen LogP contribution in [0, 0.1) is 0 Å². The van der Waals surface area contributed by atoms with E-state index in [-0.39, 0.29) is 6.10 Å². The summed E-state index contributed by atoms with van der Waals surface area (Å²) in [6.07, 6.45) is 1.18. The fourth-order valence-corrected chi connectivity index (χ4v) is 4.14. The second-order valence-corrected chi connectivity index (χ2v) is 9.33. The Hall–Kier alpha value is -3.13. The van der Waals surface area contributed by atoms with Crippen molar-refractivity contribution in [3.63, 3.8) is 0 Å². The zero-order valence-electron chi connectivity index (χ0n) is 19.4. The molecular weight excluding hydrogens is 410 g/mol. The summed E-state index contributed by atoms with van der Waals surface area (Å²) in [6.45, 7) is 11.0. The van der Waals surface area contributed by atoms with Gasteiger partial charge in [0.15, 0.2) is 0 Å². The van der Waals surface area contributed by atoms with Gasteiger partial charge in [-0.1, -0.05) is 19.1 Å². The largest absolute Gasteiger partial charge is 0.465 e. The number of benzene rings is 1. The molecule has 2 aromatic rings. The Bertz CT molecular complexity index is 996. The maximum Gasteiger partial charge on any atom is 0.408 e. The molecule has 1 aromatic heterocycles. The Morgan fingerprint density at radius 1 is 1.22 bits per heavy atom. The molecule has 8 nitrogen and oxygen atoms in total. The molecule has 0 fully saturated rings. The van der Waals surface area contributed by atoms with Crippen LogP contribution in [-0.2, 0) is 16.1 Å². The first kappa shape index (κ1) is 23.5. The predicted molar refractivity (Wildman–Crippen MR) is 121 cm³/mol. The van der Waals surface area contributed by atoms with Crippen LogP contribution >= 0.6 is 0 Å². The van der Waals surface area contributed by atoms with Crippen LogP contribution in [0.15, 0.2) is 36.5 Å². The normalized spacial score (nSPS) is 15.8. The summed E-state index contributed by atoms with van der Waals surface area (Å²) in [5, 5.41) is 12.4. The monoisotopic (exact) mass is 441 g/mol. The third-order valence-electron chi connectivity index (χ3n) is 5.47. The Labute approximate surface area is 188 Å². The Morgan fingerprint density at radius 2 is 1.94 bits per heavy atom. The molecular formula is C24H31N3O5. The molecule has 2 amide bonds. The molecule has 1 unspecified atom stereocenters. The first-order valence-corrected chi connectivity index (χ1v) is 10.7. The minimum absolute atomic E-state index is 0.00184. The van der Waals surface area contributed by atoms with Crippen LogP contribution in [0.5, 0.6) is 11.6 Å². The van der Waals surface area contributed by atoms with Gasteiger partial charge in [-0.05, 0) is 58.7 Å². The lowest BCUT2D eigenvalue weighted by Crippen LogP contribution is -2.61. The number of carbonyl (C=O) groups is 2. The first-order valence-electron chi connectivity index (χ1n) is 10.7. The van der Waals surface area contributed by atoms with Gasteiger partial charge in [-0.2, -0.15) is 0 Å². The number of anilines is 1. The van der Waals surface area contributed by atoms with Crippen molar-refractivity contribution >= 4 is 17.7 Å². The Morgan fingerprint density at radius 3 is 2.50 bits per heavy atom. The average molecular weight is 442 g/mol. The van der Waals surface area contributed by atoms with E-state index in [4.69, 9.17) is 9.47 Å². The molecule has 0 saturated carbocycles. The molecule has 172 valence electrons. The highest BCUT2D eigenvalue weighted by Crippen LogP contribution is 2.40. The Kier molecular flexibility index (Phi) is 6.46. The molecule has 0 aliphatic carbocycles. The zero-order chi connectivity index (χ0) is 23.7. The van der Waals surface area contributed by atoms with E-state index < -0.39 is 23.1 Å². The fourth-order valence-electron chi connectivity index (χ4n) is 4.14. The quantitative estimate of drug-likeness (QED) is 0.627. The lowest BCUT2D eigenvalue weighted by atomic mass is 9.94. The van der Waals surface area contributed by atoms with Crippen LogP contribution in [0.4, 0.5) is 10.5 Å². The molecule has 0 saturated heterocycles. The van der Waals surface area contributed by atoms with Crippen molar-refractivity contribution in [1.29, 1.82) is 0 Å². The van der Waals surface area contributed by atoms with Gasteiger partial charge in [0.25, 0.3) is 0 Å². The van der Waals surface area contributed by atoms with E-state index in [0.29, 0.717) is 23.9 Å². The molecule has 2 heterocycles. The lowest BCUT2D eigenvalue weighted by Gasteiger charge is -2.43. The van der Waals surface area contributed by atoms with Crippen molar-refractivity contribution in [2.24, 2.45) is 0 Å². The molecule has 32 heavy (non-hydrogen) atoms. The number of carboxylic acid groups (broad SMARTS) is 1. The van der Waals surface area contributed by atoms with Crippen molar-refractivity contribution in [3.05, 3.63) is 47.7 Å². The van der Waals surface area contributed by atoms with E-state index in [0.717, 1.165) is 22.4 Å². The van der Waals surface area contributed by atoms with Gasteiger partial charge in [0.05, 0.1) is 24.6 Å². The van der Waals surface area contributed by atoms with E-state index >= 15 is 0 Å². The standard InChI is InChI=1S/C24H31N3O5/c1-7-17-20-15(14-31-17)9-8-10-18(20)32-19-12-11-16(13-25-19)26-21(28)24(5,6)27(22(29)30)23(2,3)4/h8-13,17H,7,14H2,1-6H3,(H,26,28)(H,29,30). The second kappa shape index (κ2) is 8.78. The topological polar surface area (TPSA) is 101 Å². The lowest BCUT2D eigenvalue weighted by molar-refractivity contribution is -0.128. The smallest absolute Gasteiger partial charge is 0.408 e. The SMILES string of the molecule is CCC1OCc2cccc(Oc3ccc(NC(=O)C(C)(C)N(C(=O)O)C(C)(C)C)cn3)c21. The van der Waals surface area contributed by atoms with Gasteiger partial charge in [0, 0.05) is 17.2 Å². The van der Waals surface area contributed by atoms with Crippen LogP contribution in [-0.4, -0.2) is 38.1 Å². The highest BCUT2D eigenvalue weighted by molar-refractivity contribution is 5.99. The van der Waals surface area contributed by atoms with E-state index in [1.165, 1.54) is 6.20 Å². The molecule has 3 rings (SSSR count). The minimum atomic E-state index is -1.29. The van der Waals surface area contributed by atoms with Crippen LogP contribution in [0.25, 0.3) is 0 Å². The number of rotatable bonds is 6. The summed E-state index contributed by atoms with van der Waals surface area (Å²) in [5.41, 5.74) is 0.564. The molecule has 1 aliphatic rings. The molecule has 0 spiro atoms. The number of amides is 2. The highest BCUT2D eigenvalue weighted by Gasteiger charge is 2.44. The molecule has 2 N–H and O–H groups in total. The van der Waals surface area contributed by atoms with Gasteiger partial charge in [-0.25, -0.2) is 9.78 Å². The molecule has 1 atom stereocenters. The minimum Gasteiger partial charge on any atom is -0.465 e. The number of fused-ring (bicyclic) bond motifs is 1. The van der Waals surface area contributed by atoms with Gasteiger partial charge < -0.3 is 19.9 Å². The summed E-state index contributed by atoms with van der Waals surface area (Å²) in [5.74, 6) is 0.646. The molecule has 8 heteroatoms. The van der Waals surface area contributed by atoms with E-state index in [1.807, 2.05) is 18.2 Å². The van der Waals surface area contributed by atoms with Crippen LogP contribution in [0.2, 0.25) is 0 Å². The van der Waals surface area contributed by atoms with Crippen LogP contribution in [0.3, 0.4) is 0 Å². The van der Waals surface area contributed by atoms with Gasteiger partial charge in [0.1, 0.15) is 11.3 Å². The summed E-state index contributed by atoms with van der Waals surface area (Å²) in [7, 11) is 0. The Balaban J connectivity index is 1.74. The maximum atomic E-state index is 12.9. The van der Waals surface area contributed by atoms with Gasteiger partial charge >= 0.3 is 6.09 Å². The number of nitrogens with one attached hydrogen (secondary N) is 1. The number of hydrogen-bond donors (Lipinski definition) is 2. The summed E-state index contributed by atoms with van der Waals surface area (Å²) in [6, 6.07) is 9.19. The molecule has 1 aliphatic heterocycles. The van der Waals surface area contributed by atoms with Gasteiger partial charge in [0.2, 0.25) is 11.8 Å². The van der Waals surface area contributed by atoms with Crippen LogP contribution in [0.1, 0.15) is 65.2 Å². The van der Waals surface area contributed by atoms with Crippen molar-refractivity contribution in [2.75, 3.05) is 5.32 Å². The molecule has 0 bridgehead atoms. The third kappa shape index (κ3) is 4.70. The van der Waals surface area contributed by atoms with Crippen molar-refractivity contribution < 1.29 is 24.2 Å². The van der Waals surface area contributed by atoms with Crippen molar-refractivity contribution in [3.8, 4) is 11.6 Å². The van der Waals surface area contributed by atoms with Gasteiger partial charge in [-0.15, -0.1) is 0 Å². The highest BCUT2D eigenvalue weighted by atomic mass is 16.5. The van der Waals surface area contributed by atoms with E-state index in [9.17, 15) is 14.7 Å². The average Bonchev–Trinajstić information content (AvgIpc) is 3.12. The predicted octanol–water partition coefficient (Wildman–Crippen LogP) is 5.35. The number of nitrogens with zero attached hydrogens (tertiary/aromatic N) is 2. The number of pyridine rings is 1. The number of ether oxygens (including phenoxy) is 2. The van der Waals surface area contributed by atoms with E-state index in [1.54, 1.807) is 46.8 Å². The fraction of sp³-hybridized carbons (Fsp3) is 0.458. The van der Waals surface area contributed by atoms with Crippen molar-refractivity contribution in [2.45, 2.75) is 71.8 Å². The number of aromatic nitrogens is 1. The maximum absolute atomic E-state index is 12.9. The number of carbonyl (C=O) groups excluding carboxylic acids is 1. The molecule has 0 radical (unpaired) electrons. The van der Waals surface area contributed by atoms with Crippen molar-refractivity contribution in [1.82, 2.24) is 9.88 Å². The third-order valence-corrected chi connectivity index (χ3v) is 5.47. The summed E-state index contributed by atoms with van der Waals surface area (Å²) >= 11 is 0. The molecule has 1 aromatic carbocycles. The summed E-state index contributed by atoms with van der Waals surface area (Å²) < 4.78 is 11.8. The van der Waals surface area contributed by atoms with Crippen LogP contribution < -0.4 is 10.1 Å². The summed E-state index contributed by atoms with van der Waals surface area (Å²) in [4.78, 5) is 30.2. The number of hydrogen-bond acceptors (Lipinski definition) is 5. The van der Waals surface area contributed by atoms with E-state index in [2.05, 4.69) is 17.2 Å².